The van der Waals surface area contributed by atoms with Gasteiger partial charge in [-0.15, -0.1) is 0 Å². The minimum Gasteiger partial charge on any atom is -0.386 e. The van der Waals surface area contributed by atoms with Gasteiger partial charge in [-0.25, -0.2) is 9.97 Å². The SMILES string of the molecule is Cc1nc(NC(C)c2cccc(C(F)(F)F)c2C)c2cc(C(C)(C)O)c(P(C)(C)=O)cc2n1. The second kappa shape index (κ2) is 8.41. The van der Waals surface area contributed by atoms with Crippen molar-refractivity contribution in [1.29, 1.82) is 0 Å². The summed E-state index contributed by atoms with van der Waals surface area (Å²) in [5.41, 5.74) is -0.242. The maximum Gasteiger partial charge on any atom is 0.416 e. The lowest BCUT2D eigenvalue weighted by molar-refractivity contribution is -0.138. The highest BCUT2D eigenvalue weighted by molar-refractivity contribution is 7.70. The number of nitrogens with zero attached hydrogens (tertiary/aromatic N) is 2. The van der Waals surface area contributed by atoms with E-state index < -0.39 is 30.5 Å². The van der Waals surface area contributed by atoms with Gasteiger partial charge in [-0.2, -0.15) is 13.2 Å². The van der Waals surface area contributed by atoms with Crippen LogP contribution in [0.3, 0.4) is 0 Å². The molecule has 0 saturated heterocycles. The molecule has 0 spiro atoms. The molecule has 1 atom stereocenters. The van der Waals surface area contributed by atoms with E-state index in [9.17, 15) is 22.8 Å². The molecule has 1 unspecified atom stereocenters. The molecule has 9 heteroatoms. The molecule has 0 bridgehead atoms. The number of halogens is 3. The largest absolute Gasteiger partial charge is 0.416 e. The monoisotopic (exact) mass is 479 g/mol. The maximum absolute atomic E-state index is 13.4. The Hall–Kier alpha value is -2.44. The van der Waals surface area contributed by atoms with Gasteiger partial charge in [0.15, 0.2) is 0 Å². The lowest BCUT2D eigenvalue weighted by atomic mass is 9.95. The van der Waals surface area contributed by atoms with E-state index in [-0.39, 0.29) is 5.56 Å². The minimum absolute atomic E-state index is 0.150. The molecule has 178 valence electrons. The van der Waals surface area contributed by atoms with Crippen molar-refractivity contribution in [3.63, 3.8) is 0 Å². The third kappa shape index (κ3) is 5.22. The second-order valence-electron chi connectivity index (χ2n) is 9.30. The average Bonchev–Trinajstić information content (AvgIpc) is 2.64. The number of rotatable bonds is 5. The Morgan fingerprint density at radius 3 is 2.24 bits per heavy atom. The Kier molecular flexibility index (Phi) is 6.42. The third-order valence-corrected chi connectivity index (χ3v) is 7.20. The molecule has 2 N–H and O–H groups in total. The number of aromatic nitrogens is 2. The number of aryl methyl sites for hydroxylation is 1. The number of fused-ring (bicyclic) bond motifs is 1. The van der Waals surface area contributed by atoms with E-state index in [4.69, 9.17) is 0 Å². The van der Waals surface area contributed by atoms with E-state index in [1.54, 1.807) is 59.2 Å². The summed E-state index contributed by atoms with van der Waals surface area (Å²) in [6.07, 6.45) is -4.44. The number of hydrogen-bond donors (Lipinski definition) is 2. The van der Waals surface area contributed by atoms with Crippen molar-refractivity contribution in [2.75, 3.05) is 18.6 Å². The molecule has 0 aliphatic heterocycles. The molecule has 3 aromatic rings. The number of benzene rings is 2. The summed E-state index contributed by atoms with van der Waals surface area (Å²) in [4.78, 5) is 8.96. The summed E-state index contributed by atoms with van der Waals surface area (Å²) in [6, 6.07) is 7.06. The lowest BCUT2D eigenvalue weighted by Gasteiger charge is -2.25. The normalized spacial score (nSPS) is 13.9. The van der Waals surface area contributed by atoms with Gasteiger partial charge in [0.1, 0.15) is 18.8 Å². The first-order chi connectivity index (χ1) is 15.0. The van der Waals surface area contributed by atoms with Crippen LogP contribution >= 0.6 is 7.14 Å². The van der Waals surface area contributed by atoms with Crippen molar-refractivity contribution in [3.8, 4) is 0 Å². The van der Waals surface area contributed by atoms with Crippen LogP contribution in [-0.2, 0) is 16.3 Å². The van der Waals surface area contributed by atoms with Crippen molar-refractivity contribution in [1.82, 2.24) is 9.97 Å². The summed E-state index contributed by atoms with van der Waals surface area (Å²) in [5, 5.41) is 15.1. The molecule has 5 nitrogen and oxygen atoms in total. The first kappa shape index (κ1) is 25.2. The molecule has 0 saturated carbocycles. The second-order valence-corrected chi connectivity index (χ2v) is 12.5. The van der Waals surface area contributed by atoms with E-state index in [2.05, 4.69) is 15.3 Å². The van der Waals surface area contributed by atoms with Crippen LogP contribution in [0.2, 0.25) is 0 Å². The number of aliphatic hydroxyl groups is 1. The summed E-state index contributed by atoms with van der Waals surface area (Å²) in [7, 11) is -2.74. The van der Waals surface area contributed by atoms with Gasteiger partial charge in [-0.05, 0) is 82.8 Å². The molecule has 0 aliphatic rings. The lowest BCUT2D eigenvalue weighted by Crippen LogP contribution is -2.25. The zero-order valence-corrected chi connectivity index (χ0v) is 20.7. The minimum atomic E-state index is -4.44. The van der Waals surface area contributed by atoms with Crippen LogP contribution < -0.4 is 10.6 Å². The summed E-state index contributed by atoms with van der Waals surface area (Å²) in [5.74, 6) is 0.892. The topological polar surface area (TPSA) is 75.1 Å². The van der Waals surface area contributed by atoms with Crippen LogP contribution in [0.15, 0.2) is 30.3 Å². The summed E-state index contributed by atoms with van der Waals surface area (Å²) < 4.78 is 53.1. The fraction of sp³-hybridized carbons (Fsp3) is 0.417. The van der Waals surface area contributed by atoms with Crippen LogP contribution in [-0.4, -0.2) is 28.4 Å². The van der Waals surface area contributed by atoms with Crippen molar-refractivity contribution >= 4 is 29.2 Å². The standard InChI is InChI=1S/C24H29F3N3O2P/c1-13-16(9-8-10-18(13)24(25,26)27)14(2)28-22-17-11-19(23(4,5)31)21(33(6,7)32)12-20(17)29-15(3)30-22/h8-12,14,31H,1-7H3,(H,28,29,30). The predicted molar refractivity (Wildman–Crippen MR) is 127 cm³/mol. The maximum atomic E-state index is 13.4. The Bertz CT molecular complexity index is 1260. The molecule has 33 heavy (non-hydrogen) atoms. The summed E-state index contributed by atoms with van der Waals surface area (Å²) >= 11 is 0. The molecular formula is C24H29F3N3O2P. The molecular weight excluding hydrogens is 450 g/mol. The number of hydrogen-bond acceptors (Lipinski definition) is 5. The predicted octanol–water partition coefficient (Wildman–Crippen LogP) is 5.91. The highest BCUT2D eigenvalue weighted by Gasteiger charge is 2.33. The van der Waals surface area contributed by atoms with E-state index >= 15 is 0 Å². The molecule has 0 fully saturated rings. The van der Waals surface area contributed by atoms with Gasteiger partial charge >= 0.3 is 6.18 Å². The first-order valence-electron chi connectivity index (χ1n) is 10.5. The Morgan fingerprint density at radius 2 is 1.70 bits per heavy atom. The van der Waals surface area contributed by atoms with Gasteiger partial charge in [0.2, 0.25) is 0 Å². The average molecular weight is 479 g/mol. The smallest absolute Gasteiger partial charge is 0.386 e. The Labute approximate surface area is 191 Å². The number of anilines is 1. The van der Waals surface area contributed by atoms with Gasteiger partial charge in [-0.1, -0.05) is 12.1 Å². The molecule has 1 aromatic heterocycles. The highest BCUT2D eigenvalue weighted by atomic mass is 31.2. The molecule has 0 radical (unpaired) electrons. The highest BCUT2D eigenvalue weighted by Crippen LogP contribution is 2.41. The van der Waals surface area contributed by atoms with Gasteiger partial charge < -0.3 is 15.0 Å². The Balaban J connectivity index is 2.18. The van der Waals surface area contributed by atoms with Crippen LogP contribution in [0.4, 0.5) is 19.0 Å². The van der Waals surface area contributed by atoms with Crippen molar-refractivity contribution in [3.05, 3.63) is 58.4 Å². The van der Waals surface area contributed by atoms with Crippen LogP contribution in [0.25, 0.3) is 10.9 Å². The fourth-order valence-electron chi connectivity index (χ4n) is 4.04. The Morgan fingerprint density at radius 1 is 1.06 bits per heavy atom. The van der Waals surface area contributed by atoms with E-state index in [0.717, 1.165) is 6.07 Å². The van der Waals surface area contributed by atoms with Gasteiger partial charge in [0.05, 0.1) is 22.7 Å². The zero-order valence-electron chi connectivity index (χ0n) is 19.8. The van der Waals surface area contributed by atoms with Crippen LogP contribution in [0.5, 0.6) is 0 Å². The van der Waals surface area contributed by atoms with Crippen molar-refractivity contribution in [2.45, 2.75) is 52.4 Å². The molecule has 0 amide bonds. The quantitative estimate of drug-likeness (QED) is 0.445. The van der Waals surface area contributed by atoms with Crippen molar-refractivity contribution < 1.29 is 22.8 Å². The molecule has 3 rings (SSSR count). The van der Waals surface area contributed by atoms with Crippen molar-refractivity contribution in [2.24, 2.45) is 0 Å². The van der Waals surface area contributed by atoms with Gasteiger partial charge in [0.25, 0.3) is 0 Å². The molecule has 1 heterocycles. The molecule has 2 aromatic carbocycles. The number of nitrogens with one attached hydrogen (secondary N) is 1. The summed E-state index contributed by atoms with van der Waals surface area (Å²) in [6.45, 7) is 11.4. The van der Waals surface area contributed by atoms with Crippen LogP contribution in [0.1, 0.15) is 54.9 Å². The van der Waals surface area contributed by atoms with E-state index in [0.29, 0.717) is 39.0 Å². The van der Waals surface area contributed by atoms with E-state index in [1.807, 2.05) is 0 Å². The first-order valence-corrected chi connectivity index (χ1v) is 13.1. The van der Waals surface area contributed by atoms with Gasteiger partial charge in [-0.3, -0.25) is 0 Å². The zero-order chi connectivity index (χ0) is 24.9. The fourth-order valence-corrected chi connectivity index (χ4v) is 5.39. The van der Waals surface area contributed by atoms with E-state index in [1.165, 1.54) is 13.0 Å². The number of alkyl halides is 3. The van der Waals surface area contributed by atoms with Crippen LogP contribution in [0, 0.1) is 13.8 Å². The van der Waals surface area contributed by atoms with Gasteiger partial charge in [0, 0.05) is 10.7 Å². The third-order valence-electron chi connectivity index (χ3n) is 5.67. The molecule has 0 aliphatic carbocycles.